The predicted molar refractivity (Wildman–Crippen MR) is 77.2 cm³/mol. The van der Waals surface area contributed by atoms with Crippen molar-refractivity contribution in [2.75, 3.05) is 6.61 Å². The highest BCUT2D eigenvalue weighted by Gasteiger charge is 2.02. The number of allylic oxidation sites excluding steroid dienone is 1. The van der Waals surface area contributed by atoms with Crippen molar-refractivity contribution >= 4 is 10.9 Å². The molecule has 0 saturated carbocycles. The molecule has 2 nitrogen and oxygen atoms in total. The number of aromatic nitrogens is 1. The first-order valence-corrected chi connectivity index (χ1v) is 6.57. The number of benzene rings is 1. The molecule has 0 bridgehead atoms. The van der Waals surface area contributed by atoms with Crippen molar-refractivity contribution < 1.29 is 4.74 Å². The zero-order valence-corrected chi connectivity index (χ0v) is 11.3. The molecule has 0 aliphatic heterocycles. The highest BCUT2D eigenvalue weighted by Crippen LogP contribution is 2.22. The fourth-order valence-corrected chi connectivity index (χ4v) is 1.99. The maximum absolute atomic E-state index is 5.65. The van der Waals surface area contributed by atoms with Gasteiger partial charge in [0.2, 0.25) is 0 Å². The SMILES string of the molecule is C=C(C)CCn1ccc2cc(OCCC)ccc21. The standard InChI is InChI=1S/C16H21NO/c1-4-11-18-15-5-6-16-14(12-15)8-10-17(16)9-7-13(2)3/h5-6,8,10,12H,2,4,7,9,11H2,1,3H3. The maximum atomic E-state index is 5.65. The summed E-state index contributed by atoms with van der Waals surface area (Å²) in [4.78, 5) is 0. The molecular formula is C16H21NO. The quantitative estimate of drug-likeness (QED) is 0.686. The van der Waals surface area contributed by atoms with E-state index in [0.29, 0.717) is 0 Å². The molecule has 0 N–H and O–H groups in total. The molecule has 0 amide bonds. The molecule has 1 heterocycles. The van der Waals surface area contributed by atoms with Gasteiger partial charge in [0.1, 0.15) is 5.75 Å². The van der Waals surface area contributed by atoms with E-state index in [0.717, 1.165) is 31.7 Å². The molecule has 0 aliphatic carbocycles. The Balaban J connectivity index is 2.18. The minimum atomic E-state index is 0.780. The lowest BCUT2D eigenvalue weighted by molar-refractivity contribution is 0.318. The molecule has 18 heavy (non-hydrogen) atoms. The van der Waals surface area contributed by atoms with Gasteiger partial charge in [0.15, 0.2) is 0 Å². The summed E-state index contributed by atoms with van der Waals surface area (Å²) < 4.78 is 7.92. The monoisotopic (exact) mass is 243 g/mol. The molecule has 0 atom stereocenters. The van der Waals surface area contributed by atoms with Crippen molar-refractivity contribution in [2.45, 2.75) is 33.2 Å². The van der Waals surface area contributed by atoms with Gasteiger partial charge in [0, 0.05) is 23.6 Å². The second-order valence-corrected chi connectivity index (χ2v) is 4.79. The van der Waals surface area contributed by atoms with Crippen LogP contribution in [0.1, 0.15) is 26.7 Å². The number of hydrogen-bond acceptors (Lipinski definition) is 1. The van der Waals surface area contributed by atoms with Gasteiger partial charge >= 0.3 is 0 Å². The Labute approximate surface area is 109 Å². The highest BCUT2D eigenvalue weighted by atomic mass is 16.5. The zero-order chi connectivity index (χ0) is 13.0. The van der Waals surface area contributed by atoms with E-state index in [1.807, 2.05) is 0 Å². The van der Waals surface area contributed by atoms with E-state index in [9.17, 15) is 0 Å². The van der Waals surface area contributed by atoms with E-state index in [1.165, 1.54) is 16.5 Å². The topological polar surface area (TPSA) is 14.2 Å². The lowest BCUT2D eigenvalue weighted by atomic mass is 10.2. The fraction of sp³-hybridized carbons (Fsp3) is 0.375. The zero-order valence-electron chi connectivity index (χ0n) is 11.3. The molecule has 0 fully saturated rings. The Morgan fingerprint density at radius 1 is 1.33 bits per heavy atom. The minimum absolute atomic E-state index is 0.780. The van der Waals surface area contributed by atoms with Gasteiger partial charge < -0.3 is 9.30 Å². The van der Waals surface area contributed by atoms with Crippen LogP contribution >= 0.6 is 0 Å². The average molecular weight is 243 g/mol. The number of ether oxygens (including phenoxy) is 1. The minimum Gasteiger partial charge on any atom is -0.494 e. The van der Waals surface area contributed by atoms with Crippen LogP contribution < -0.4 is 4.74 Å². The van der Waals surface area contributed by atoms with Crippen LogP contribution in [0.4, 0.5) is 0 Å². The van der Waals surface area contributed by atoms with E-state index >= 15 is 0 Å². The van der Waals surface area contributed by atoms with Crippen LogP contribution in [0.25, 0.3) is 10.9 Å². The molecule has 0 radical (unpaired) electrons. The summed E-state index contributed by atoms with van der Waals surface area (Å²) in [5.74, 6) is 0.960. The third-order valence-corrected chi connectivity index (χ3v) is 2.99. The largest absolute Gasteiger partial charge is 0.494 e. The Morgan fingerprint density at radius 3 is 2.89 bits per heavy atom. The van der Waals surface area contributed by atoms with Gasteiger partial charge in [-0.05, 0) is 44.0 Å². The van der Waals surface area contributed by atoms with Crippen molar-refractivity contribution in [1.82, 2.24) is 4.57 Å². The first kappa shape index (κ1) is 12.7. The summed E-state index contributed by atoms with van der Waals surface area (Å²) in [6, 6.07) is 8.45. The molecule has 1 aromatic heterocycles. The number of nitrogens with zero attached hydrogens (tertiary/aromatic N) is 1. The van der Waals surface area contributed by atoms with Gasteiger partial charge in [-0.3, -0.25) is 0 Å². The summed E-state index contributed by atoms with van der Waals surface area (Å²) in [5.41, 5.74) is 2.49. The van der Waals surface area contributed by atoms with E-state index in [2.05, 4.69) is 55.5 Å². The van der Waals surface area contributed by atoms with Gasteiger partial charge in [-0.1, -0.05) is 12.5 Å². The van der Waals surface area contributed by atoms with Crippen molar-refractivity contribution in [3.05, 3.63) is 42.6 Å². The van der Waals surface area contributed by atoms with Gasteiger partial charge in [-0.2, -0.15) is 0 Å². The normalized spacial score (nSPS) is 10.8. The molecule has 2 heteroatoms. The molecule has 0 saturated heterocycles. The average Bonchev–Trinajstić information content (AvgIpc) is 2.76. The summed E-state index contributed by atoms with van der Waals surface area (Å²) in [6.45, 7) is 9.91. The lowest BCUT2D eigenvalue weighted by Crippen LogP contribution is -1.97. The van der Waals surface area contributed by atoms with Crippen LogP contribution in [-0.2, 0) is 6.54 Å². The summed E-state index contributed by atoms with van der Waals surface area (Å²) in [5, 5.41) is 1.24. The molecule has 1 aromatic carbocycles. The molecule has 96 valence electrons. The van der Waals surface area contributed by atoms with E-state index in [1.54, 1.807) is 0 Å². The van der Waals surface area contributed by atoms with Gasteiger partial charge in [-0.15, -0.1) is 6.58 Å². The van der Waals surface area contributed by atoms with Crippen LogP contribution in [0.3, 0.4) is 0 Å². The number of fused-ring (bicyclic) bond motifs is 1. The molecule has 2 aromatic rings. The third kappa shape index (κ3) is 2.95. The number of rotatable bonds is 6. The molecule has 0 aliphatic rings. The van der Waals surface area contributed by atoms with E-state index in [-0.39, 0.29) is 0 Å². The highest BCUT2D eigenvalue weighted by molar-refractivity contribution is 5.81. The Hall–Kier alpha value is -1.70. The van der Waals surface area contributed by atoms with Crippen molar-refractivity contribution in [3.8, 4) is 5.75 Å². The fourth-order valence-electron chi connectivity index (χ4n) is 1.99. The van der Waals surface area contributed by atoms with E-state index < -0.39 is 0 Å². The lowest BCUT2D eigenvalue weighted by Gasteiger charge is -2.07. The molecular weight excluding hydrogens is 222 g/mol. The Kier molecular flexibility index (Phi) is 4.08. The second-order valence-electron chi connectivity index (χ2n) is 4.79. The number of aryl methyl sites for hydroxylation is 1. The van der Waals surface area contributed by atoms with Crippen molar-refractivity contribution in [1.29, 1.82) is 0 Å². The first-order chi connectivity index (χ1) is 8.70. The van der Waals surface area contributed by atoms with E-state index in [4.69, 9.17) is 4.74 Å². The van der Waals surface area contributed by atoms with Crippen LogP contribution in [0.5, 0.6) is 5.75 Å². The predicted octanol–water partition coefficient (Wildman–Crippen LogP) is 4.40. The second kappa shape index (κ2) is 5.76. The van der Waals surface area contributed by atoms with Crippen LogP contribution in [-0.4, -0.2) is 11.2 Å². The van der Waals surface area contributed by atoms with Crippen molar-refractivity contribution in [3.63, 3.8) is 0 Å². The molecule has 0 spiro atoms. The summed E-state index contributed by atoms with van der Waals surface area (Å²) in [6.07, 6.45) is 4.20. The maximum Gasteiger partial charge on any atom is 0.120 e. The number of hydrogen-bond donors (Lipinski definition) is 0. The van der Waals surface area contributed by atoms with Gasteiger partial charge in [-0.25, -0.2) is 0 Å². The first-order valence-electron chi connectivity index (χ1n) is 6.57. The molecule has 0 unspecified atom stereocenters. The summed E-state index contributed by atoms with van der Waals surface area (Å²) >= 11 is 0. The molecule has 2 rings (SSSR count). The Bertz CT molecular complexity index is 539. The summed E-state index contributed by atoms with van der Waals surface area (Å²) in [7, 11) is 0. The van der Waals surface area contributed by atoms with Gasteiger partial charge in [0.25, 0.3) is 0 Å². The van der Waals surface area contributed by atoms with Crippen LogP contribution in [0.15, 0.2) is 42.6 Å². The van der Waals surface area contributed by atoms with Crippen LogP contribution in [0, 0.1) is 0 Å². The smallest absolute Gasteiger partial charge is 0.120 e. The van der Waals surface area contributed by atoms with Crippen molar-refractivity contribution in [2.24, 2.45) is 0 Å². The third-order valence-electron chi connectivity index (χ3n) is 2.99. The van der Waals surface area contributed by atoms with Gasteiger partial charge in [0.05, 0.1) is 6.61 Å². The Morgan fingerprint density at radius 2 is 2.17 bits per heavy atom. The van der Waals surface area contributed by atoms with Crippen LogP contribution in [0.2, 0.25) is 0 Å².